The summed E-state index contributed by atoms with van der Waals surface area (Å²) in [6.45, 7) is 1.85. The van der Waals surface area contributed by atoms with Crippen molar-refractivity contribution in [2.24, 2.45) is 0 Å². The molecule has 0 aliphatic heterocycles. The summed E-state index contributed by atoms with van der Waals surface area (Å²) in [5, 5.41) is 9.37. The number of nitriles is 1. The second-order valence-electron chi connectivity index (χ2n) is 4.93. The van der Waals surface area contributed by atoms with E-state index in [1.807, 2.05) is 6.92 Å². The highest BCUT2D eigenvalue weighted by Gasteiger charge is 2.24. The number of methoxy groups -OCH3 is 1. The van der Waals surface area contributed by atoms with Gasteiger partial charge in [-0.2, -0.15) is 5.26 Å². The lowest BCUT2D eigenvalue weighted by Crippen LogP contribution is -2.04. The summed E-state index contributed by atoms with van der Waals surface area (Å²) in [5.74, 6) is 0.697. The molecule has 4 nitrogen and oxygen atoms in total. The van der Waals surface area contributed by atoms with Crippen molar-refractivity contribution in [3.05, 3.63) is 61.4 Å². The van der Waals surface area contributed by atoms with Crippen LogP contribution in [0.4, 0.5) is 0 Å². The van der Waals surface area contributed by atoms with E-state index in [0.717, 1.165) is 5.56 Å². The number of hydrogen-bond acceptors (Lipinski definition) is 4. The molecule has 0 heterocycles. The number of ether oxygens (including phenoxy) is 1. The molecule has 0 fully saturated rings. The fraction of sp³-hybridized carbons (Fsp3) is 0.118. The molecule has 0 aromatic heterocycles. The van der Waals surface area contributed by atoms with Crippen LogP contribution < -0.4 is 4.74 Å². The van der Waals surface area contributed by atoms with Gasteiger partial charge in [0.25, 0.3) is 0 Å². The van der Waals surface area contributed by atoms with Gasteiger partial charge in [0.2, 0.25) is 9.84 Å². The maximum atomic E-state index is 12.8. The second kappa shape index (κ2) is 7.51. The molecule has 0 aliphatic carbocycles. The fourth-order valence-electron chi connectivity index (χ4n) is 2.11. The largest absolute Gasteiger partial charge is 0.496 e. The first-order chi connectivity index (χ1) is 11.3. The van der Waals surface area contributed by atoms with Crippen LogP contribution in [-0.2, 0) is 9.84 Å². The van der Waals surface area contributed by atoms with E-state index in [1.165, 1.54) is 12.1 Å². The van der Waals surface area contributed by atoms with Crippen LogP contribution in [-0.4, -0.2) is 15.5 Å². The van der Waals surface area contributed by atoms with Crippen molar-refractivity contribution in [3.8, 4) is 11.8 Å². The molecule has 2 aromatic rings. The summed E-state index contributed by atoms with van der Waals surface area (Å²) in [4.78, 5) is -0.291. The molecule has 0 unspecified atom stereocenters. The van der Waals surface area contributed by atoms with Crippen LogP contribution in [0.25, 0.3) is 6.08 Å². The Hall–Kier alpha value is -1.62. The van der Waals surface area contributed by atoms with Gasteiger partial charge in [-0.25, -0.2) is 8.42 Å². The standard InChI is InChI=1S/C17H13Br2NO3S/c1-11-7-12(3-6-16(11)23-2)8-14(10-20)24(21,22)17-9-13(18)4-5-15(17)19/h3-9H,1-2H3/b14-8+. The topological polar surface area (TPSA) is 67.2 Å². The maximum absolute atomic E-state index is 12.8. The molecule has 0 N–H and O–H groups in total. The smallest absolute Gasteiger partial charge is 0.217 e. The van der Waals surface area contributed by atoms with Gasteiger partial charge in [0, 0.05) is 8.95 Å². The van der Waals surface area contributed by atoms with Gasteiger partial charge in [0.05, 0.1) is 12.0 Å². The third-order valence-electron chi connectivity index (χ3n) is 3.30. The summed E-state index contributed by atoms with van der Waals surface area (Å²) < 4.78 is 31.8. The quantitative estimate of drug-likeness (QED) is 0.598. The van der Waals surface area contributed by atoms with Gasteiger partial charge >= 0.3 is 0 Å². The Bertz CT molecular complexity index is 960. The van der Waals surface area contributed by atoms with Crippen molar-refractivity contribution < 1.29 is 13.2 Å². The predicted molar refractivity (Wildman–Crippen MR) is 100 cm³/mol. The number of benzene rings is 2. The average molecular weight is 471 g/mol. The van der Waals surface area contributed by atoms with Crippen molar-refractivity contribution in [2.45, 2.75) is 11.8 Å². The summed E-state index contributed by atoms with van der Waals surface area (Å²) in [5.41, 5.74) is 1.46. The fourth-order valence-corrected chi connectivity index (χ4v) is 4.77. The summed E-state index contributed by atoms with van der Waals surface area (Å²) in [6.07, 6.45) is 1.36. The second-order valence-corrected chi connectivity index (χ2v) is 8.58. The molecule has 2 aromatic carbocycles. The number of rotatable bonds is 4. The number of sulfone groups is 1. The van der Waals surface area contributed by atoms with Gasteiger partial charge in [-0.1, -0.05) is 22.0 Å². The maximum Gasteiger partial charge on any atom is 0.217 e. The van der Waals surface area contributed by atoms with Gasteiger partial charge in [0.15, 0.2) is 0 Å². The van der Waals surface area contributed by atoms with E-state index in [0.29, 0.717) is 20.3 Å². The lowest BCUT2D eigenvalue weighted by Gasteiger charge is -2.08. The highest BCUT2D eigenvalue weighted by molar-refractivity contribution is 9.11. The predicted octanol–water partition coefficient (Wildman–Crippen LogP) is 4.87. The Morgan fingerprint density at radius 1 is 1.21 bits per heavy atom. The van der Waals surface area contributed by atoms with Crippen LogP contribution in [0.15, 0.2) is 55.1 Å². The Balaban J connectivity index is 2.56. The molecule has 0 amide bonds. The molecule has 7 heteroatoms. The molecule has 24 heavy (non-hydrogen) atoms. The zero-order valence-corrected chi connectivity index (χ0v) is 16.9. The Kier molecular flexibility index (Phi) is 5.86. The van der Waals surface area contributed by atoms with E-state index in [-0.39, 0.29) is 9.80 Å². The zero-order valence-electron chi connectivity index (χ0n) is 12.9. The molecule has 0 radical (unpaired) electrons. The molecule has 124 valence electrons. The van der Waals surface area contributed by atoms with Crippen LogP contribution >= 0.6 is 31.9 Å². The van der Waals surface area contributed by atoms with E-state index >= 15 is 0 Å². The first kappa shape index (κ1) is 18.7. The normalized spacial score (nSPS) is 11.9. The molecule has 2 rings (SSSR count). The highest BCUT2D eigenvalue weighted by Crippen LogP contribution is 2.31. The first-order valence-electron chi connectivity index (χ1n) is 6.76. The SMILES string of the molecule is COc1ccc(/C=C(\C#N)S(=O)(=O)c2cc(Br)ccc2Br)cc1C. The summed E-state index contributed by atoms with van der Waals surface area (Å²) in [7, 11) is -2.38. The van der Waals surface area contributed by atoms with Gasteiger partial charge < -0.3 is 4.74 Å². The molecule has 0 bridgehead atoms. The van der Waals surface area contributed by atoms with Crippen molar-refractivity contribution in [1.82, 2.24) is 0 Å². The lowest BCUT2D eigenvalue weighted by atomic mass is 10.1. The number of hydrogen-bond donors (Lipinski definition) is 0. The number of nitrogens with zero attached hydrogens (tertiary/aromatic N) is 1. The third kappa shape index (κ3) is 3.89. The van der Waals surface area contributed by atoms with Crippen molar-refractivity contribution in [3.63, 3.8) is 0 Å². The summed E-state index contributed by atoms with van der Waals surface area (Å²) in [6, 6.07) is 11.8. The number of allylic oxidation sites excluding steroid dienone is 1. The van der Waals surface area contributed by atoms with E-state index in [1.54, 1.807) is 43.5 Å². The molecule has 0 saturated carbocycles. The van der Waals surface area contributed by atoms with Gasteiger partial charge in [-0.15, -0.1) is 0 Å². The number of halogens is 2. The van der Waals surface area contributed by atoms with Crippen molar-refractivity contribution >= 4 is 47.8 Å². The van der Waals surface area contributed by atoms with E-state index < -0.39 is 9.84 Å². The molecular formula is C17H13Br2NO3S. The van der Waals surface area contributed by atoms with Crippen LogP contribution in [0, 0.1) is 18.3 Å². The minimum absolute atomic E-state index is 0.0370. The molecular weight excluding hydrogens is 458 g/mol. The molecule has 0 spiro atoms. The molecule has 0 atom stereocenters. The Labute approximate surface area is 157 Å². The highest BCUT2D eigenvalue weighted by atomic mass is 79.9. The van der Waals surface area contributed by atoms with Crippen LogP contribution in [0.2, 0.25) is 0 Å². The first-order valence-corrected chi connectivity index (χ1v) is 9.83. The minimum atomic E-state index is -3.94. The van der Waals surface area contributed by atoms with E-state index in [2.05, 4.69) is 31.9 Å². The number of aryl methyl sites for hydroxylation is 1. The van der Waals surface area contributed by atoms with Crippen LogP contribution in [0.3, 0.4) is 0 Å². The van der Waals surface area contributed by atoms with Crippen molar-refractivity contribution in [1.29, 1.82) is 5.26 Å². The van der Waals surface area contributed by atoms with E-state index in [4.69, 9.17) is 4.74 Å². The zero-order chi connectivity index (χ0) is 17.9. The Morgan fingerprint density at radius 3 is 2.50 bits per heavy atom. The van der Waals surface area contributed by atoms with Crippen molar-refractivity contribution in [2.75, 3.05) is 7.11 Å². The van der Waals surface area contributed by atoms with Crippen LogP contribution in [0.1, 0.15) is 11.1 Å². The average Bonchev–Trinajstić information content (AvgIpc) is 2.54. The molecule has 0 saturated heterocycles. The van der Waals surface area contributed by atoms with Gasteiger partial charge in [-0.3, -0.25) is 0 Å². The molecule has 0 aliphatic rings. The van der Waals surface area contributed by atoms with Gasteiger partial charge in [0.1, 0.15) is 16.7 Å². The Morgan fingerprint density at radius 2 is 1.92 bits per heavy atom. The third-order valence-corrected chi connectivity index (χ3v) is 6.45. The van der Waals surface area contributed by atoms with Gasteiger partial charge in [-0.05, 0) is 70.4 Å². The minimum Gasteiger partial charge on any atom is -0.496 e. The van der Waals surface area contributed by atoms with Crippen LogP contribution in [0.5, 0.6) is 5.75 Å². The lowest BCUT2D eigenvalue weighted by molar-refractivity contribution is 0.411. The van der Waals surface area contributed by atoms with E-state index in [9.17, 15) is 13.7 Å². The summed E-state index contributed by atoms with van der Waals surface area (Å²) >= 11 is 6.48. The monoisotopic (exact) mass is 469 g/mol.